The van der Waals surface area contributed by atoms with Gasteiger partial charge >= 0.3 is 15.6 Å². The number of nitrogens with two attached hydrogens (primary N) is 1. The summed E-state index contributed by atoms with van der Waals surface area (Å²) >= 11 is 10.1. The minimum Gasteiger partial charge on any atom is -0.396 e. The van der Waals surface area contributed by atoms with Crippen molar-refractivity contribution in [3.8, 4) is 5.88 Å². The van der Waals surface area contributed by atoms with Gasteiger partial charge in [0.15, 0.2) is 0 Å². The van der Waals surface area contributed by atoms with E-state index in [1.165, 1.54) is 45.3 Å². The smallest absolute Gasteiger partial charge is 0.396 e. The van der Waals surface area contributed by atoms with Crippen LogP contribution in [-0.4, -0.2) is 193 Å². The standard InChI is InChI=1S/C15H17F3N2O4S.C14H18N2O2.C13H22IN3O.C8H13IN2O3S.C7H11IN2O.C7H12N2O.C4H9Br.C4H12N2/c1-12-10-14(24-25(21,22)15(16,17)18)20(19-12)8-5-9-23-11-13-6-3-2-4-7-13;1-12-10-14(17)16(15-12)8-5-9-18-11-13-6-3-2-4-7-13;1-10-7-16(8-11(2)18-10)5-4-6-17-9-13(14)12(3)15-17;1-7-8(9)6-11(10-7)4-3-5-14-15(2,12)13;1-6-7(8)5-10(9-6)3-2-4-11;1-7-3-5-9(8-7)4-2-6-10;1-2-3-4-5;1-2-3-4-6-5/h2-4,6-7,10H,5,8-9,11H2,1H3;2-4,6-7H,5,8-11H2,1H3;9-11H,4-8H2,1-3H3;6H,3-5H2,1-2H3;5,11H,2-4H2,1H3;3,5,10H,2,4,6H2,1H3;2-4H2,1H3;6H,2-5H2,1H3/t;;10-,11+;;;;;. The minimum atomic E-state index is -5.72. The first-order valence-corrected chi connectivity index (χ1v) is 43.5. The molecular formula is C72H114BrF3I3N15O12S2. The monoisotopic (exact) mass is 1960 g/mol. The van der Waals surface area contributed by atoms with Gasteiger partial charge in [-0.2, -0.15) is 60.6 Å². The van der Waals surface area contributed by atoms with Gasteiger partial charge in [0.05, 0.1) is 83.9 Å². The van der Waals surface area contributed by atoms with Gasteiger partial charge in [-0.25, -0.2) is 9.69 Å². The second-order valence-corrected chi connectivity index (χ2v) is 32.6. The fraction of sp³-hybridized carbons (Fsp3) is 0.597. The van der Waals surface area contributed by atoms with Crippen molar-refractivity contribution in [3.63, 3.8) is 0 Å². The molecule has 9 rings (SSSR count). The first kappa shape index (κ1) is 99.5. The number of hydrogen-bond acceptors (Lipinski definition) is 21. The lowest BCUT2D eigenvalue weighted by molar-refractivity contribution is -0.128. The van der Waals surface area contributed by atoms with E-state index in [9.17, 15) is 34.8 Å². The molecule has 1 fully saturated rings. The number of ether oxygens (including phenoxy) is 3. The van der Waals surface area contributed by atoms with Crippen LogP contribution in [0, 0.1) is 45.3 Å². The van der Waals surface area contributed by atoms with E-state index in [1.54, 1.807) is 9.69 Å². The van der Waals surface area contributed by atoms with Crippen LogP contribution in [0.3, 0.4) is 0 Å². The van der Waals surface area contributed by atoms with Crippen LogP contribution >= 0.6 is 83.7 Å². The number of unbranched alkanes of at least 4 members (excludes halogenated alkanes) is 2. The molecule has 2 atom stereocenters. The Balaban J connectivity index is 0.000000436. The Morgan fingerprint density at radius 3 is 1.48 bits per heavy atom. The molecule has 2 aromatic carbocycles. The number of aryl methyl sites for hydroxylation is 10. The minimum absolute atomic E-state index is 0.0931. The average Bonchev–Trinajstić information content (AvgIpc) is 1.56. The fourth-order valence-electron chi connectivity index (χ4n) is 9.50. The SMILES string of the molecule is CC1=NN(CCCOCc2ccccc2)C(=O)C1.CCCCBr.CCCCNN.Cc1cc(OS(=O)(=O)C(F)(F)F)n(CCCOCc2ccccc2)n1.Cc1ccn(CCCO)n1.Cc1nn(CCCN2C[C@@H](C)O[C@@H](C)C2)cc1I.Cc1nn(CCCO)cc1I.Cc1nn(CCCOS(C)(=O)=O)cc1I. The molecule has 610 valence electrons. The lowest BCUT2D eigenvalue weighted by Crippen LogP contribution is -2.45. The lowest BCUT2D eigenvalue weighted by atomic mass is 10.2. The van der Waals surface area contributed by atoms with Crippen molar-refractivity contribution < 1.29 is 67.6 Å². The summed E-state index contributed by atoms with van der Waals surface area (Å²) in [6.45, 7) is 30.9. The number of benzene rings is 2. The van der Waals surface area contributed by atoms with Gasteiger partial charge in [0, 0.05) is 134 Å². The van der Waals surface area contributed by atoms with Crippen molar-refractivity contribution in [2.24, 2.45) is 10.9 Å². The highest BCUT2D eigenvalue weighted by molar-refractivity contribution is 14.1. The van der Waals surface area contributed by atoms with Crippen molar-refractivity contribution in [2.75, 3.05) is 77.3 Å². The summed E-state index contributed by atoms with van der Waals surface area (Å²) in [6.07, 6.45) is 19.8. The van der Waals surface area contributed by atoms with Gasteiger partial charge in [-0.3, -0.25) is 43.9 Å². The Morgan fingerprint density at radius 1 is 0.620 bits per heavy atom. The normalized spacial score (nSPS) is 14.2. The summed E-state index contributed by atoms with van der Waals surface area (Å²) in [5.74, 6) is 4.58. The largest absolute Gasteiger partial charge is 0.534 e. The molecule has 5 aromatic heterocycles. The number of aliphatic hydroxyl groups excluding tert-OH is 2. The summed E-state index contributed by atoms with van der Waals surface area (Å²) in [6, 6.07) is 22.6. The van der Waals surface area contributed by atoms with Crippen LogP contribution in [-0.2, 0) is 89.4 Å². The Morgan fingerprint density at radius 2 is 1.09 bits per heavy atom. The fourth-order valence-corrected chi connectivity index (χ4v) is 12.2. The third-order valence-electron chi connectivity index (χ3n) is 14.7. The number of hydrogen-bond donors (Lipinski definition) is 4. The zero-order valence-electron chi connectivity index (χ0n) is 64.2. The number of carbonyl (C=O) groups excluding carboxylic acids is 1. The number of aliphatic hydroxyl groups is 2. The molecule has 0 spiro atoms. The maximum atomic E-state index is 12.4. The van der Waals surface area contributed by atoms with Crippen LogP contribution < -0.4 is 15.5 Å². The molecule has 7 heterocycles. The van der Waals surface area contributed by atoms with Crippen LogP contribution in [0.4, 0.5) is 13.2 Å². The maximum Gasteiger partial charge on any atom is 0.534 e. The van der Waals surface area contributed by atoms with Crippen molar-refractivity contribution in [1.82, 2.24) is 64.2 Å². The Kier molecular flexibility index (Phi) is 52.2. The maximum absolute atomic E-state index is 12.4. The first-order chi connectivity index (χ1) is 51.3. The number of carbonyl (C=O) groups is 1. The van der Waals surface area contributed by atoms with Crippen molar-refractivity contribution in [1.29, 1.82) is 0 Å². The summed E-state index contributed by atoms with van der Waals surface area (Å²) in [5.41, 5.74) is 4.68. The van der Waals surface area contributed by atoms with E-state index in [1.807, 2.05) is 122 Å². The summed E-state index contributed by atoms with van der Waals surface area (Å²) < 4.78 is 118. The highest BCUT2D eigenvalue weighted by Gasteiger charge is 2.49. The molecule has 0 unspecified atom stereocenters. The molecule has 5 N–H and O–H groups in total. The van der Waals surface area contributed by atoms with E-state index < -0.39 is 31.6 Å². The van der Waals surface area contributed by atoms with Gasteiger partial charge in [-0.1, -0.05) is 103 Å². The molecule has 0 radical (unpaired) electrons. The summed E-state index contributed by atoms with van der Waals surface area (Å²) in [5, 5.41) is 45.0. The van der Waals surface area contributed by atoms with Crippen LogP contribution in [0.1, 0.15) is 145 Å². The highest BCUT2D eigenvalue weighted by Crippen LogP contribution is 2.28. The Hall–Kier alpha value is -4.57. The third kappa shape index (κ3) is 45.8. The molecule has 27 nitrogen and oxygen atoms in total. The molecule has 0 bridgehead atoms. The number of morpholine rings is 1. The van der Waals surface area contributed by atoms with E-state index in [0.29, 0.717) is 76.7 Å². The zero-order valence-corrected chi connectivity index (χ0v) is 73.9. The van der Waals surface area contributed by atoms with Crippen LogP contribution in [0.2, 0.25) is 0 Å². The summed E-state index contributed by atoms with van der Waals surface area (Å²) in [4.78, 5) is 13.9. The van der Waals surface area contributed by atoms with Gasteiger partial charge in [0.1, 0.15) is 0 Å². The van der Waals surface area contributed by atoms with Crippen molar-refractivity contribution >= 4 is 116 Å². The Bertz CT molecular complexity index is 3730. The molecule has 7 aromatic rings. The number of amides is 1. The van der Waals surface area contributed by atoms with Crippen molar-refractivity contribution in [3.05, 3.63) is 148 Å². The number of aromatic nitrogens is 10. The molecular weight excluding hydrogens is 1850 g/mol. The van der Waals surface area contributed by atoms with E-state index in [0.717, 1.165) is 131 Å². The van der Waals surface area contributed by atoms with Crippen LogP contribution in [0.5, 0.6) is 5.88 Å². The van der Waals surface area contributed by atoms with Crippen molar-refractivity contribution in [2.45, 2.75) is 204 Å². The molecule has 108 heavy (non-hydrogen) atoms. The first-order valence-electron chi connectivity index (χ1n) is 35.9. The number of rotatable bonds is 34. The molecule has 1 amide bonds. The van der Waals surface area contributed by atoms with Gasteiger partial charge < -0.3 is 28.6 Å². The number of halogens is 7. The molecule has 36 heteroatoms. The summed E-state index contributed by atoms with van der Waals surface area (Å²) in [7, 11) is -9.04. The van der Waals surface area contributed by atoms with Gasteiger partial charge in [0.2, 0.25) is 11.8 Å². The van der Waals surface area contributed by atoms with Crippen LogP contribution in [0.15, 0.2) is 103 Å². The zero-order chi connectivity index (χ0) is 80.5. The number of hydrazine groups is 1. The molecule has 0 aliphatic carbocycles. The quantitative estimate of drug-likeness (QED) is 0.00554. The Labute approximate surface area is 687 Å². The van der Waals surface area contributed by atoms with Gasteiger partial charge in [0.25, 0.3) is 10.1 Å². The topological polar surface area (TPSA) is 318 Å². The highest BCUT2D eigenvalue weighted by atomic mass is 127. The van der Waals surface area contributed by atoms with Gasteiger partial charge in [-0.15, -0.1) is 0 Å². The van der Waals surface area contributed by atoms with Gasteiger partial charge in [-0.05, 0) is 192 Å². The second-order valence-electron chi connectivity index (χ2n) is 25.1. The van der Waals surface area contributed by atoms with E-state index in [2.05, 4.69) is 178 Å². The molecule has 2 aliphatic rings. The predicted molar refractivity (Wildman–Crippen MR) is 445 cm³/mol. The number of nitrogens with one attached hydrogen (secondary N) is 1. The molecule has 1 saturated heterocycles. The number of alkyl halides is 4. The van der Waals surface area contributed by atoms with E-state index >= 15 is 0 Å². The number of hydrazone groups is 1. The van der Waals surface area contributed by atoms with Crippen LogP contribution in [0.25, 0.3) is 0 Å². The van der Waals surface area contributed by atoms with E-state index in [-0.39, 0.29) is 32.3 Å². The lowest BCUT2D eigenvalue weighted by Gasteiger charge is -2.35. The number of nitrogens with zero attached hydrogens (tertiary/aromatic N) is 13. The van der Waals surface area contributed by atoms with E-state index in [4.69, 9.17) is 30.3 Å². The predicted octanol–water partition coefficient (Wildman–Crippen LogP) is 12.9. The average molecular weight is 1960 g/mol. The molecule has 0 saturated carbocycles. The second kappa shape index (κ2) is 56.6. The molecule has 2 aliphatic heterocycles. The third-order valence-corrected chi connectivity index (χ3v) is 20.0.